The van der Waals surface area contributed by atoms with E-state index >= 15 is 0 Å². The fraction of sp³-hybridized carbons (Fsp3) is 0.455. The van der Waals surface area contributed by atoms with Crippen molar-refractivity contribution < 1.29 is 19.5 Å². The van der Waals surface area contributed by atoms with Crippen molar-refractivity contribution in [2.45, 2.75) is 19.4 Å². The van der Waals surface area contributed by atoms with Crippen molar-refractivity contribution in [3.63, 3.8) is 0 Å². The molecule has 110 valence electrons. The molecule has 9 nitrogen and oxygen atoms in total. The standard InChI is InChI=1S/C11H17N5O4/c1-7(17)13-2-3-14-11(20)16-9(10(18)19)4-8-5-12-6-15-8/h5-6,9H,2-4H2,1H3,(H,12,15)(H,13,17)(H,18,19)(H2,14,16,20)/t9-/m1/s1. The molecule has 0 unspecified atom stereocenters. The van der Waals surface area contributed by atoms with Crippen LogP contribution in [-0.4, -0.2) is 52.1 Å². The van der Waals surface area contributed by atoms with E-state index in [4.69, 9.17) is 5.11 Å². The monoisotopic (exact) mass is 283 g/mol. The molecule has 0 aliphatic rings. The molecule has 0 saturated carbocycles. The lowest BCUT2D eigenvalue weighted by Gasteiger charge is -2.14. The highest BCUT2D eigenvalue weighted by atomic mass is 16.4. The van der Waals surface area contributed by atoms with Crippen LogP contribution >= 0.6 is 0 Å². The quantitative estimate of drug-likeness (QED) is 0.402. The molecule has 0 saturated heterocycles. The number of nitrogens with zero attached hydrogens (tertiary/aromatic N) is 1. The first-order chi connectivity index (χ1) is 9.49. The number of aliphatic carboxylic acids is 1. The SMILES string of the molecule is CC(=O)NCCNC(=O)N[C@H](Cc1cnc[nH]1)C(=O)O. The van der Waals surface area contributed by atoms with Gasteiger partial charge in [-0.15, -0.1) is 0 Å². The molecule has 1 atom stereocenters. The van der Waals surface area contributed by atoms with Crippen LogP contribution in [-0.2, 0) is 16.0 Å². The summed E-state index contributed by atoms with van der Waals surface area (Å²) in [5.41, 5.74) is 0.607. The molecule has 1 heterocycles. The van der Waals surface area contributed by atoms with Gasteiger partial charge in [-0.1, -0.05) is 0 Å². The number of carbonyl (C=O) groups excluding carboxylic acids is 2. The second kappa shape index (κ2) is 7.77. The lowest BCUT2D eigenvalue weighted by Crippen LogP contribution is -2.48. The number of aromatic amines is 1. The maximum Gasteiger partial charge on any atom is 0.326 e. The summed E-state index contributed by atoms with van der Waals surface area (Å²) in [5, 5.41) is 16.3. The first kappa shape index (κ1) is 15.5. The molecule has 0 radical (unpaired) electrons. The van der Waals surface area contributed by atoms with Gasteiger partial charge in [0.05, 0.1) is 6.33 Å². The molecule has 1 aromatic heterocycles. The van der Waals surface area contributed by atoms with E-state index in [0.29, 0.717) is 5.69 Å². The van der Waals surface area contributed by atoms with Crippen molar-refractivity contribution >= 4 is 17.9 Å². The van der Waals surface area contributed by atoms with E-state index in [9.17, 15) is 14.4 Å². The smallest absolute Gasteiger partial charge is 0.326 e. The van der Waals surface area contributed by atoms with Crippen LogP contribution in [0.1, 0.15) is 12.6 Å². The van der Waals surface area contributed by atoms with Crippen LogP contribution < -0.4 is 16.0 Å². The van der Waals surface area contributed by atoms with Gasteiger partial charge in [-0.05, 0) is 0 Å². The number of urea groups is 1. The Morgan fingerprint density at radius 2 is 2.05 bits per heavy atom. The summed E-state index contributed by atoms with van der Waals surface area (Å²) >= 11 is 0. The second-order valence-electron chi connectivity index (χ2n) is 4.05. The number of aromatic nitrogens is 2. The topological polar surface area (TPSA) is 136 Å². The van der Waals surface area contributed by atoms with Gasteiger partial charge in [-0.25, -0.2) is 14.6 Å². The Bertz CT molecular complexity index is 459. The Balaban J connectivity index is 2.35. The molecule has 20 heavy (non-hydrogen) atoms. The Hall–Kier alpha value is -2.58. The number of carboxylic acids is 1. The van der Waals surface area contributed by atoms with Crippen molar-refractivity contribution in [3.8, 4) is 0 Å². The van der Waals surface area contributed by atoms with Crippen molar-refractivity contribution in [2.75, 3.05) is 13.1 Å². The molecule has 0 fully saturated rings. The minimum absolute atomic E-state index is 0.106. The number of carbonyl (C=O) groups is 3. The third kappa shape index (κ3) is 5.85. The van der Waals surface area contributed by atoms with Gasteiger partial charge < -0.3 is 26.0 Å². The fourth-order valence-electron chi connectivity index (χ4n) is 1.44. The third-order valence-electron chi connectivity index (χ3n) is 2.37. The molecule has 9 heteroatoms. The minimum atomic E-state index is -1.14. The number of nitrogens with one attached hydrogen (secondary N) is 4. The molecule has 1 rings (SSSR count). The highest BCUT2D eigenvalue weighted by Crippen LogP contribution is 1.98. The number of rotatable bonds is 7. The summed E-state index contributed by atoms with van der Waals surface area (Å²) < 4.78 is 0. The molecule has 3 amide bonds. The van der Waals surface area contributed by atoms with Crippen LogP contribution in [0.2, 0.25) is 0 Å². The van der Waals surface area contributed by atoms with Crippen molar-refractivity contribution in [1.82, 2.24) is 25.9 Å². The van der Waals surface area contributed by atoms with Crippen LogP contribution in [0, 0.1) is 0 Å². The number of carboxylic acid groups (broad SMARTS) is 1. The molecule has 0 aliphatic heterocycles. The average Bonchev–Trinajstić information content (AvgIpc) is 2.86. The largest absolute Gasteiger partial charge is 0.480 e. The summed E-state index contributed by atoms with van der Waals surface area (Å²) in [7, 11) is 0. The van der Waals surface area contributed by atoms with Gasteiger partial charge in [0.2, 0.25) is 5.91 Å². The first-order valence-corrected chi connectivity index (χ1v) is 5.98. The van der Waals surface area contributed by atoms with Gasteiger partial charge in [0.1, 0.15) is 6.04 Å². The maximum absolute atomic E-state index is 11.5. The lowest BCUT2D eigenvalue weighted by molar-refractivity contribution is -0.139. The van der Waals surface area contributed by atoms with E-state index in [0.717, 1.165) is 0 Å². The van der Waals surface area contributed by atoms with Crippen molar-refractivity contribution in [3.05, 3.63) is 18.2 Å². The molecule has 0 aromatic carbocycles. The van der Waals surface area contributed by atoms with E-state index in [1.54, 1.807) is 0 Å². The van der Waals surface area contributed by atoms with E-state index in [-0.39, 0.29) is 25.4 Å². The van der Waals surface area contributed by atoms with Crippen LogP contribution in [0.4, 0.5) is 4.79 Å². The zero-order chi connectivity index (χ0) is 15.0. The van der Waals surface area contributed by atoms with Gasteiger partial charge in [0, 0.05) is 38.3 Å². The highest BCUT2D eigenvalue weighted by molar-refractivity contribution is 5.82. The van der Waals surface area contributed by atoms with Gasteiger partial charge in [0.25, 0.3) is 0 Å². The van der Waals surface area contributed by atoms with Gasteiger partial charge >= 0.3 is 12.0 Å². The van der Waals surface area contributed by atoms with E-state index in [1.807, 2.05) is 0 Å². The third-order valence-corrected chi connectivity index (χ3v) is 2.37. The maximum atomic E-state index is 11.5. The van der Waals surface area contributed by atoms with Crippen LogP contribution in [0.25, 0.3) is 0 Å². The predicted octanol–water partition coefficient (Wildman–Crippen LogP) is -1.16. The van der Waals surface area contributed by atoms with Gasteiger partial charge in [0.15, 0.2) is 0 Å². The zero-order valence-electron chi connectivity index (χ0n) is 11.0. The Kier molecular flexibility index (Phi) is 6.01. The fourth-order valence-corrected chi connectivity index (χ4v) is 1.44. The average molecular weight is 283 g/mol. The highest BCUT2D eigenvalue weighted by Gasteiger charge is 2.20. The summed E-state index contributed by atoms with van der Waals surface area (Å²) in [6.07, 6.45) is 3.03. The molecule has 0 spiro atoms. The summed E-state index contributed by atoms with van der Waals surface area (Å²) in [5.74, 6) is -1.34. The van der Waals surface area contributed by atoms with Crippen molar-refractivity contribution in [2.24, 2.45) is 0 Å². The molecular weight excluding hydrogens is 266 g/mol. The second-order valence-corrected chi connectivity index (χ2v) is 4.05. The molecular formula is C11H17N5O4. The minimum Gasteiger partial charge on any atom is -0.480 e. The predicted molar refractivity (Wildman–Crippen MR) is 68.9 cm³/mol. The summed E-state index contributed by atoms with van der Waals surface area (Å²) in [4.78, 5) is 39.7. The molecule has 1 aromatic rings. The van der Waals surface area contributed by atoms with Crippen LogP contribution in [0.5, 0.6) is 0 Å². The first-order valence-electron chi connectivity index (χ1n) is 5.98. The van der Waals surface area contributed by atoms with Crippen LogP contribution in [0.15, 0.2) is 12.5 Å². The van der Waals surface area contributed by atoms with Crippen molar-refractivity contribution in [1.29, 1.82) is 0 Å². The Labute approximate surface area is 115 Å². The Morgan fingerprint density at radius 3 is 2.60 bits per heavy atom. The lowest BCUT2D eigenvalue weighted by atomic mass is 10.2. The van der Waals surface area contributed by atoms with Gasteiger partial charge in [-0.2, -0.15) is 0 Å². The van der Waals surface area contributed by atoms with E-state index in [1.165, 1.54) is 19.4 Å². The zero-order valence-corrected chi connectivity index (χ0v) is 11.0. The number of H-pyrrole nitrogens is 1. The number of amides is 3. The molecule has 5 N–H and O–H groups in total. The molecule has 0 bridgehead atoms. The molecule has 0 aliphatic carbocycles. The number of imidazole rings is 1. The van der Waals surface area contributed by atoms with Crippen LogP contribution in [0.3, 0.4) is 0 Å². The normalized spacial score (nSPS) is 11.4. The van der Waals surface area contributed by atoms with E-state index in [2.05, 4.69) is 25.9 Å². The van der Waals surface area contributed by atoms with Gasteiger partial charge in [-0.3, -0.25) is 4.79 Å². The summed E-state index contributed by atoms with van der Waals surface area (Å²) in [6.45, 7) is 1.85. The number of hydrogen-bond donors (Lipinski definition) is 5. The van der Waals surface area contributed by atoms with E-state index < -0.39 is 18.0 Å². The summed E-state index contributed by atoms with van der Waals surface area (Å²) in [6, 6.07) is -1.67. The number of hydrogen-bond acceptors (Lipinski definition) is 4. The Morgan fingerprint density at radius 1 is 1.35 bits per heavy atom.